The number of likely N-dealkylation sites (N-methyl/N-ethyl adjacent to an activating group) is 2. The first kappa shape index (κ1) is 25.5. The molecular formula is C24H35N5O5. The smallest absolute Gasteiger partial charge is 0.410 e. The molecule has 0 bridgehead atoms. The van der Waals surface area contributed by atoms with Crippen LogP contribution in [0, 0.1) is 0 Å². The number of nitrogens with one attached hydrogen (secondary N) is 1. The number of fused-ring (bicyclic) bond motifs is 1. The molecule has 2 heterocycles. The van der Waals surface area contributed by atoms with Gasteiger partial charge in [0, 0.05) is 40.2 Å². The van der Waals surface area contributed by atoms with Crippen LogP contribution in [0.4, 0.5) is 4.79 Å². The predicted molar refractivity (Wildman–Crippen MR) is 129 cm³/mol. The Bertz CT molecular complexity index is 1140. The Morgan fingerprint density at radius 2 is 1.82 bits per heavy atom. The van der Waals surface area contributed by atoms with Gasteiger partial charge in [-0.1, -0.05) is 6.07 Å². The number of hydrogen-bond acceptors (Lipinski definition) is 6. The summed E-state index contributed by atoms with van der Waals surface area (Å²) in [4.78, 5) is 52.5. The number of imidazole rings is 1. The molecule has 1 atom stereocenters. The molecule has 10 heteroatoms. The van der Waals surface area contributed by atoms with Crippen molar-refractivity contribution in [2.24, 2.45) is 7.05 Å². The van der Waals surface area contributed by atoms with Gasteiger partial charge in [0.15, 0.2) is 0 Å². The molecule has 3 amide bonds. The number of benzene rings is 1. The number of hydrogen-bond donors (Lipinski definition) is 1. The number of nitrogens with zero attached hydrogens (tertiary/aromatic N) is 4. The number of carbonyl (C=O) groups excluding carboxylic acids is 3. The van der Waals surface area contributed by atoms with Crippen molar-refractivity contribution in [3.8, 4) is 0 Å². The van der Waals surface area contributed by atoms with Gasteiger partial charge in [-0.25, -0.2) is 9.59 Å². The third-order valence-electron chi connectivity index (χ3n) is 5.98. The number of ether oxygens (including phenoxy) is 1. The Morgan fingerprint density at radius 3 is 2.47 bits per heavy atom. The Kier molecular flexibility index (Phi) is 7.50. The number of aryl methyl sites for hydroxylation is 1. The minimum Gasteiger partial charge on any atom is -0.444 e. The molecule has 0 aliphatic carbocycles. The summed E-state index contributed by atoms with van der Waals surface area (Å²) in [6, 6.07) is 5.12. The molecule has 1 aliphatic heterocycles. The molecule has 1 aliphatic rings. The van der Waals surface area contributed by atoms with Crippen molar-refractivity contribution in [1.29, 1.82) is 0 Å². The summed E-state index contributed by atoms with van der Waals surface area (Å²) < 4.78 is 8.41. The van der Waals surface area contributed by atoms with Crippen molar-refractivity contribution in [2.45, 2.75) is 51.7 Å². The van der Waals surface area contributed by atoms with Gasteiger partial charge in [-0.15, -0.1) is 0 Å². The van der Waals surface area contributed by atoms with Gasteiger partial charge in [-0.3, -0.25) is 24.0 Å². The normalized spacial score (nSPS) is 16.7. The highest BCUT2D eigenvalue weighted by molar-refractivity contribution is 6.00. The summed E-state index contributed by atoms with van der Waals surface area (Å²) in [5.74, 6) is -0.744. The number of imide groups is 1. The van der Waals surface area contributed by atoms with Crippen molar-refractivity contribution < 1.29 is 19.1 Å². The highest BCUT2D eigenvalue weighted by atomic mass is 16.6. The molecule has 1 fully saturated rings. The van der Waals surface area contributed by atoms with E-state index in [1.807, 2.05) is 46.0 Å². The first-order valence-electron chi connectivity index (χ1n) is 11.5. The summed E-state index contributed by atoms with van der Waals surface area (Å²) in [5.41, 5.74) is 1.70. The van der Waals surface area contributed by atoms with Gasteiger partial charge in [0.1, 0.15) is 11.6 Å². The topological polar surface area (TPSA) is 106 Å². The molecule has 3 rings (SSSR count). The maximum atomic E-state index is 12.9. The fourth-order valence-electron chi connectivity index (χ4n) is 3.98. The van der Waals surface area contributed by atoms with E-state index in [1.165, 1.54) is 4.57 Å². The Hall–Kier alpha value is -3.14. The lowest BCUT2D eigenvalue weighted by Gasteiger charge is -2.26. The molecule has 0 saturated carbocycles. The molecule has 1 saturated heterocycles. The van der Waals surface area contributed by atoms with E-state index in [0.29, 0.717) is 25.0 Å². The first-order chi connectivity index (χ1) is 15.9. The zero-order chi connectivity index (χ0) is 25.2. The molecule has 2 aromatic rings. The zero-order valence-corrected chi connectivity index (χ0v) is 20.9. The molecule has 1 aromatic heterocycles. The highest BCUT2D eigenvalue weighted by Gasteiger charge is 2.31. The zero-order valence-electron chi connectivity index (χ0n) is 20.9. The van der Waals surface area contributed by atoms with Crippen molar-refractivity contribution in [1.82, 2.24) is 24.3 Å². The molecule has 1 unspecified atom stereocenters. The van der Waals surface area contributed by atoms with E-state index in [0.717, 1.165) is 24.0 Å². The second kappa shape index (κ2) is 10.0. The van der Waals surface area contributed by atoms with Crippen LogP contribution < -0.4 is 11.0 Å². The van der Waals surface area contributed by atoms with Crippen LogP contribution in [0.25, 0.3) is 11.0 Å². The third-order valence-corrected chi connectivity index (χ3v) is 5.98. The van der Waals surface area contributed by atoms with Crippen molar-refractivity contribution in [3.05, 3.63) is 34.2 Å². The largest absolute Gasteiger partial charge is 0.444 e. The lowest BCUT2D eigenvalue weighted by molar-refractivity contribution is -0.135. The maximum Gasteiger partial charge on any atom is 0.410 e. The van der Waals surface area contributed by atoms with Gasteiger partial charge in [0.25, 0.3) is 0 Å². The molecule has 186 valence electrons. The standard InChI is InChI=1S/C24H35N5O5/c1-24(2,3)34-23(33)27(5)14-13-26(4)12-11-16-7-8-17-19(15-16)28(6)22(32)29(17)18-9-10-20(30)25-21(18)31/h7-8,15,18H,9-14H2,1-6H3,(H,25,30,31). The van der Waals surface area contributed by atoms with Crippen LogP contribution in [0.3, 0.4) is 0 Å². The van der Waals surface area contributed by atoms with Crippen LogP contribution in [0.5, 0.6) is 0 Å². The Balaban J connectivity index is 1.64. The Morgan fingerprint density at radius 1 is 1.12 bits per heavy atom. The van der Waals surface area contributed by atoms with Crippen LogP contribution in [-0.4, -0.2) is 76.2 Å². The van der Waals surface area contributed by atoms with Gasteiger partial charge in [-0.05, 0) is 58.4 Å². The fraction of sp³-hybridized carbons (Fsp3) is 0.583. The maximum absolute atomic E-state index is 12.9. The van der Waals surface area contributed by atoms with E-state index < -0.39 is 17.6 Å². The summed E-state index contributed by atoms with van der Waals surface area (Å²) >= 11 is 0. The molecule has 34 heavy (non-hydrogen) atoms. The van der Waals surface area contributed by atoms with E-state index in [1.54, 1.807) is 23.6 Å². The van der Waals surface area contributed by atoms with E-state index in [2.05, 4.69) is 10.2 Å². The van der Waals surface area contributed by atoms with Gasteiger partial charge in [0.05, 0.1) is 11.0 Å². The van der Waals surface area contributed by atoms with E-state index >= 15 is 0 Å². The quantitative estimate of drug-likeness (QED) is 0.613. The van der Waals surface area contributed by atoms with E-state index in [-0.39, 0.29) is 24.1 Å². The van der Waals surface area contributed by atoms with Crippen molar-refractivity contribution in [3.63, 3.8) is 0 Å². The average Bonchev–Trinajstić information content (AvgIpc) is 2.99. The van der Waals surface area contributed by atoms with Gasteiger partial charge < -0.3 is 14.5 Å². The SMILES string of the molecule is CN(CCc1ccc2c(c1)n(C)c(=O)n2C1CCC(=O)NC1=O)CCN(C)C(=O)OC(C)(C)C. The van der Waals surface area contributed by atoms with E-state index in [9.17, 15) is 19.2 Å². The number of amides is 3. The summed E-state index contributed by atoms with van der Waals surface area (Å²) in [5, 5.41) is 2.33. The lowest BCUT2D eigenvalue weighted by Crippen LogP contribution is -2.44. The molecule has 10 nitrogen and oxygen atoms in total. The molecule has 0 radical (unpaired) electrons. The third kappa shape index (κ3) is 5.85. The number of piperidine rings is 1. The minimum absolute atomic E-state index is 0.215. The highest BCUT2D eigenvalue weighted by Crippen LogP contribution is 2.24. The molecular weight excluding hydrogens is 438 g/mol. The van der Waals surface area contributed by atoms with Crippen LogP contribution in [0.1, 0.15) is 45.2 Å². The Labute approximate surface area is 199 Å². The molecule has 1 aromatic carbocycles. The monoisotopic (exact) mass is 473 g/mol. The number of aromatic nitrogens is 2. The second-order valence-corrected chi connectivity index (χ2v) is 9.96. The summed E-state index contributed by atoms with van der Waals surface area (Å²) in [7, 11) is 5.41. The van der Waals surface area contributed by atoms with Crippen molar-refractivity contribution in [2.75, 3.05) is 33.7 Å². The summed E-state index contributed by atoms with van der Waals surface area (Å²) in [6.45, 7) is 7.55. The number of rotatable bonds is 7. The van der Waals surface area contributed by atoms with Gasteiger partial charge in [-0.2, -0.15) is 0 Å². The number of carbonyl (C=O) groups is 3. The van der Waals surface area contributed by atoms with Crippen LogP contribution in [-0.2, 0) is 27.8 Å². The second-order valence-electron chi connectivity index (χ2n) is 9.96. The molecule has 0 spiro atoms. The first-order valence-corrected chi connectivity index (χ1v) is 11.5. The predicted octanol–water partition coefficient (Wildman–Crippen LogP) is 1.66. The minimum atomic E-state index is -0.687. The van der Waals surface area contributed by atoms with Crippen molar-refractivity contribution >= 4 is 28.9 Å². The van der Waals surface area contributed by atoms with Gasteiger partial charge >= 0.3 is 11.8 Å². The fourth-order valence-corrected chi connectivity index (χ4v) is 3.98. The molecule has 1 N–H and O–H groups in total. The average molecular weight is 474 g/mol. The summed E-state index contributed by atoms with van der Waals surface area (Å²) in [6.07, 6.45) is 0.953. The van der Waals surface area contributed by atoms with Crippen LogP contribution in [0.2, 0.25) is 0 Å². The van der Waals surface area contributed by atoms with Crippen LogP contribution >= 0.6 is 0 Å². The van der Waals surface area contributed by atoms with Gasteiger partial charge in [0.2, 0.25) is 11.8 Å². The van der Waals surface area contributed by atoms with Crippen LogP contribution in [0.15, 0.2) is 23.0 Å². The lowest BCUT2D eigenvalue weighted by atomic mass is 10.1. The van der Waals surface area contributed by atoms with E-state index in [4.69, 9.17) is 4.74 Å².